The van der Waals surface area contributed by atoms with Gasteiger partial charge in [-0.3, -0.25) is 4.79 Å². The van der Waals surface area contributed by atoms with Crippen molar-refractivity contribution >= 4 is 17.1 Å². The number of rotatable bonds is 4. The monoisotopic (exact) mass is 234 g/mol. The van der Waals surface area contributed by atoms with Crippen molar-refractivity contribution in [2.45, 2.75) is 6.42 Å². The van der Waals surface area contributed by atoms with E-state index in [1.165, 1.54) is 19.5 Å². The van der Waals surface area contributed by atoms with Crippen molar-refractivity contribution in [3.05, 3.63) is 40.5 Å². The summed E-state index contributed by atoms with van der Waals surface area (Å²) >= 11 is 1.55. The van der Waals surface area contributed by atoms with Gasteiger partial charge in [0.25, 0.3) is 0 Å². The Morgan fingerprint density at radius 1 is 1.44 bits per heavy atom. The SMILES string of the molecule is COc1nccnc1C(=O)Cc1cccs1. The van der Waals surface area contributed by atoms with Gasteiger partial charge >= 0.3 is 0 Å². The smallest absolute Gasteiger partial charge is 0.243 e. The highest BCUT2D eigenvalue weighted by molar-refractivity contribution is 7.10. The Hall–Kier alpha value is -1.75. The van der Waals surface area contributed by atoms with E-state index in [4.69, 9.17) is 4.74 Å². The van der Waals surface area contributed by atoms with Crippen molar-refractivity contribution in [3.63, 3.8) is 0 Å². The fourth-order valence-corrected chi connectivity index (χ4v) is 2.02. The molecule has 2 aromatic heterocycles. The van der Waals surface area contributed by atoms with E-state index >= 15 is 0 Å². The molecule has 2 heterocycles. The van der Waals surface area contributed by atoms with E-state index in [9.17, 15) is 4.79 Å². The van der Waals surface area contributed by atoms with E-state index in [0.29, 0.717) is 12.1 Å². The van der Waals surface area contributed by atoms with Crippen LogP contribution in [0.15, 0.2) is 29.9 Å². The molecule has 0 aliphatic carbocycles. The zero-order valence-corrected chi connectivity index (χ0v) is 9.53. The zero-order chi connectivity index (χ0) is 11.4. The van der Waals surface area contributed by atoms with Gasteiger partial charge in [0.05, 0.1) is 7.11 Å². The van der Waals surface area contributed by atoms with Crippen LogP contribution in [0.2, 0.25) is 0 Å². The van der Waals surface area contributed by atoms with Gasteiger partial charge in [-0.15, -0.1) is 11.3 Å². The molecule has 0 aliphatic heterocycles. The van der Waals surface area contributed by atoms with Crippen LogP contribution < -0.4 is 4.74 Å². The second-order valence-electron chi connectivity index (χ2n) is 3.09. The van der Waals surface area contributed by atoms with Crippen LogP contribution in [0.3, 0.4) is 0 Å². The number of carbonyl (C=O) groups is 1. The highest BCUT2D eigenvalue weighted by Gasteiger charge is 2.15. The van der Waals surface area contributed by atoms with Crippen molar-refractivity contribution in [1.29, 1.82) is 0 Å². The summed E-state index contributed by atoms with van der Waals surface area (Å²) < 4.78 is 4.99. The minimum absolute atomic E-state index is 0.0765. The van der Waals surface area contributed by atoms with Gasteiger partial charge in [0.1, 0.15) is 0 Å². The first kappa shape index (κ1) is 10.8. The molecule has 0 fully saturated rings. The molecule has 0 radical (unpaired) electrons. The van der Waals surface area contributed by atoms with Gasteiger partial charge < -0.3 is 4.74 Å². The minimum atomic E-state index is -0.0765. The third kappa shape index (κ3) is 2.25. The molecule has 0 atom stereocenters. The number of ether oxygens (including phenoxy) is 1. The van der Waals surface area contributed by atoms with E-state index in [2.05, 4.69) is 9.97 Å². The number of aromatic nitrogens is 2. The van der Waals surface area contributed by atoms with Gasteiger partial charge in [0.2, 0.25) is 5.88 Å². The topological polar surface area (TPSA) is 52.1 Å². The summed E-state index contributed by atoms with van der Waals surface area (Å²) in [6, 6.07) is 3.84. The summed E-state index contributed by atoms with van der Waals surface area (Å²) in [6.45, 7) is 0. The lowest BCUT2D eigenvalue weighted by Crippen LogP contribution is -2.08. The first-order valence-electron chi connectivity index (χ1n) is 4.72. The van der Waals surface area contributed by atoms with Crippen LogP contribution in [0.25, 0.3) is 0 Å². The molecule has 0 saturated carbocycles. The summed E-state index contributed by atoms with van der Waals surface area (Å²) in [5.74, 6) is 0.205. The van der Waals surface area contributed by atoms with E-state index in [-0.39, 0.29) is 11.7 Å². The van der Waals surface area contributed by atoms with Gasteiger partial charge in [0, 0.05) is 23.7 Å². The number of thiophene rings is 1. The zero-order valence-electron chi connectivity index (χ0n) is 8.71. The molecular weight excluding hydrogens is 224 g/mol. The van der Waals surface area contributed by atoms with Gasteiger partial charge in [-0.25, -0.2) is 9.97 Å². The maximum absolute atomic E-state index is 11.9. The lowest BCUT2D eigenvalue weighted by Gasteiger charge is -2.03. The lowest BCUT2D eigenvalue weighted by atomic mass is 10.2. The Morgan fingerprint density at radius 2 is 2.25 bits per heavy atom. The van der Waals surface area contributed by atoms with E-state index < -0.39 is 0 Å². The molecule has 4 nitrogen and oxygen atoms in total. The molecule has 0 saturated heterocycles. The second kappa shape index (κ2) is 4.85. The number of ketones is 1. The van der Waals surface area contributed by atoms with Crippen LogP contribution in [-0.4, -0.2) is 22.9 Å². The van der Waals surface area contributed by atoms with Crippen LogP contribution in [0.1, 0.15) is 15.4 Å². The predicted molar refractivity (Wildman–Crippen MR) is 60.9 cm³/mol. The second-order valence-corrected chi connectivity index (χ2v) is 4.13. The minimum Gasteiger partial charge on any atom is -0.479 e. The molecule has 0 aliphatic rings. The average Bonchev–Trinajstić information content (AvgIpc) is 2.81. The first-order chi connectivity index (χ1) is 7.81. The Balaban J connectivity index is 2.21. The number of hydrogen-bond acceptors (Lipinski definition) is 5. The van der Waals surface area contributed by atoms with Crippen molar-refractivity contribution in [3.8, 4) is 5.88 Å². The molecule has 5 heteroatoms. The van der Waals surface area contributed by atoms with Crippen molar-refractivity contribution in [2.75, 3.05) is 7.11 Å². The number of Topliss-reactive ketones (excluding diaryl/α,β-unsaturated/α-hetero) is 1. The molecule has 0 N–H and O–H groups in total. The Bertz CT molecular complexity index is 482. The maximum Gasteiger partial charge on any atom is 0.243 e. The summed E-state index contributed by atoms with van der Waals surface area (Å²) in [7, 11) is 1.48. The Kier molecular flexibility index (Phi) is 3.26. The third-order valence-electron chi connectivity index (χ3n) is 2.04. The standard InChI is InChI=1S/C11H10N2O2S/c1-15-11-10(12-4-5-13-11)9(14)7-8-3-2-6-16-8/h2-6H,7H2,1H3. The molecule has 2 rings (SSSR count). The molecule has 0 amide bonds. The lowest BCUT2D eigenvalue weighted by molar-refractivity contribution is 0.0985. The summed E-state index contributed by atoms with van der Waals surface area (Å²) in [5, 5.41) is 1.94. The van der Waals surface area contributed by atoms with Crippen LogP contribution in [0, 0.1) is 0 Å². The number of methoxy groups -OCH3 is 1. The number of carbonyl (C=O) groups excluding carboxylic acids is 1. The summed E-state index contributed by atoms with van der Waals surface area (Å²) in [5.41, 5.74) is 0.290. The van der Waals surface area contributed by atoms with Crippen molar-refractivity contribution < 1.29 is 9.53 Å². The molecule has 2 aromatic rings. The van der Waals surface area contributed by atoms with Crippen LogP contribution in [0.5, 0.6) is 5.88 Å². The van der Waals surface area contributed by atoms with E-state index in [1.54, 1.807) is 11.3 Å². The van der Waals surface area contributed by atoms with Gasteiger partial charge in [-0.2, -0.15) is 0 Å². The summed E-state index contributed by atoms with van der Waals surface area (Å²) in [6.07, 6.45) is 3.33. The molecule has 0 aromatic carbocycles. The first-order valence-corrected chi connectivity index (χ1v) is 5.60. The molecule has 16 heavy (non-hydrogen) atoms. The van der Waals surface area contributed by atoms with E-state index in [1.807, 2.05) is 17.5 Å². The molecule has 82 valence electrons. The molecule has 0 spiro atoms. The predicted octanol–water partition coefficient (Wildman–Crippen LogP) is 1.97. The van der Waals surface area contributed by atoms with Crippen LogP contribution in [0.4, 0.5) is 0 Å². The van der Waals surface area contributed by atoms with Crippen LogP contribution >= 0.6 is 11.3 Å². The average molecular weight is 234 g/mol. The normalized spacial score (nSPS) is 10.1. The number of nitrogens with zero attached hydrogens (tertiary/aromatic N) is 2. The Morgan fingerprint density at radius 3 is 2.94 bits per heavy atom. The molecule has 0 unspecified atom stereocenters. The van der Waals surface area contributed by atoms with Gasteiger partial charge in [-0.1, -0.05) is 6.07 Å². The quantitative estimate of drug-likeness (QED) is 0.759. The van der Waals surface area contributed by atoms with Crippen LogP contribution in [-0.2, 0) is 6.42 Å². The molecule has 0 bridgehead atoms. The van der Waals surface area contributed by atoms with Crippen molar-refractivity contribution in [1.82, 2.24) is 9.97 Å². The van der Waals surface area contributed by atoms with Gasteiger partial charge in [0.15, 0.2) is 11.5 Å². The largest absolute Gasteiger partial charge is 0.479 e. The summed E-state index contributed by atoms with van der Waals surface area (Å²) in [4.78, 5) is 20.9. The maximum atomic E-state index is 11.9. The fraction of sp³-hybridized carbons (Fsp3) is 0.182. The van der Waals surface area contributed by atoms with E-state index in [0.717, 1.165) is 4.88 Å². The third-order valence-corrected chi connectivity index (χ3v) is 2.91. The Labute approximate surface area is 96.9 Å². The highest BCUT2D eigenvalue weighted by Crippen LogP contribution is 2.16. The fourth-order valence-electron chi connectivity index (χ4n) is 1.32. The van der Waals surface area contributed by atoms with Crippen molar-refractivity contribution in [2.24, 2.45) is 0 Å². The van der Waals surface area contributed by atoms with Gasteiger partial charge in [-0.05, 0) is 11.4 Å². The highest BCUT2D eigenvalue weighted by atomic mass is 32.1. The molecular formula is C11H10N2O2S. The number of hydrogen-bond donors (Lipinski definition) is 0.